The van der Waals surface area contributed by atoms with Gasteiger partial charge in [-0.15, -0.1) is 5.10 Å². The Morgan fingerprint density at radius 2 is 2.00 bits per heavy atom. The predicted octanol–water partition coefficient (Wildman–Crippen LogP) is 1.48. The lowest BCUT2D eigenvalue weighted by Crippen LogP contribution is -2.08. The maximum atomic E-state index is 12.3. The first-order valence-electron chi connectivity index (χ1n) is 2.79. The number of H-pyrrole nitrogens is 1. The van der Waals surface area contributed by atoms with Gasteiger partial charge in [0, 0.05) is 0 Å². The molecule has 1 heterocycles. The molecular weight excluding hydrogens is 198 g/mol. The van der Waals surface area contributed by atoms with E-state index in [9.17, 15) is 27.7 Å². The SMILES string of the molecule is O=[N+]([O-])c1c(F)n[nH]c1C(F)(F)F. The minimum atomic E-state index is -5.01. The summed E-state index contributed by atoms with van der Waals surface area (Å²) in [5, 5.41) is 13.6. The monoisotopic (exact) mass is 199 g/mol. The van der Waals surface area contributed by atoms with Crippen molar-refractivity contribution in [2.45, 2.75) is 6.18 Å². The van der Waals surface area contributed by atoms with Gasteiger partial charge in [-0.05, 0) is 0 Å². The number of nitro groups is 1. The van der Waals surface area contributed by atoms with E-state index in [0.717, 1.165) is 0 Å². The molecule has 5 nitrogen and oxygen atoms in total. The fourth-order valence-electron chi connectivity index (χ4n) is 0.678. The third-order valence-corrected chi connectivity index (χ3v) is 1.16. The van der Waals surface area contributed by atoms with E-state index in [4.69, 9.17) is 0 Å². The Labute approximate surface area is 67.5 Å². The Kier molecular flexibility index (Phi) is 1.94. The molecule has 0 aliphatic rings. The molecular formula is C4HF4N3O2. The van der Waals surface area contributed by atoms with Crippen LogP contribution in [0.4, 0.5) is 23.2 Å². The molecule has 1 rings (SSSR count). The van der Waals surface area contributed by atoms with Crippen LogP contribution >= 0.6 is 0 Å². The molecule has 9 heteroatoms. The normalized spacial score (nSPS) is 11.7. The minimum absolute atomic E-state index is 1.20. The van der Waals surface area contributed by atoms with Crippen molar-refractivity contribution in [3.63, 3.8) is 0 Å². The van der Waals surface area contributed by atoms with Crippen LogP contribution in [0.25, 0.3) is 0 Å². The first-order chi connectivity index (χ1) is 5.84. The second kappa shape index (κ2) is 2.68. The van der Waals surface area contributed by atoms with Gasteiger partial charge in [-0.1, -0.05) is 0 Å². The number of alkyl halides is 3. The summed E-state index contributed by atoms with van der Waals surface area (Å²) in [4.78, 5) is 8.47. The average Bonchev–Trinajstić information content (AvgIpc) is 2.28. The zero-order valence-electron chi connectivity index (χ0n) is 5.72. The van der Waals surface area contributed by atoms with Gasteiger partial charge in [-0.25, -0.2) is 0 Å². The van der Waals surface area contributed by atoms with Crippen LogP contribution < -0.4 is 0 Å². The molecule has 1 aromatic heterocycles. The van der Waals surface area contributed by atoms with Crippen molar-refractivity contribution < 1.29 is 22.5 Å². The van der Waals surface area contributed by atoms with Crippen molar-refractivity contribution in [1.82, 2.24) is 10.2 Å². The highest BCUT2D eigenvalue weighted by molar-refractivity contribution is 5.35. The van der Waals surface area contributed by atoms with Gasteiger partial charge in [0.15, 0.2) is 0 Å². The molecule has 0 fully saturated rings. The number of aromatic amines is 1. The molecule has 0 atom stereocenters. The number of aromatic nitrogens is 2. The van der Waals surface area contributed by atoms with E-state index >= 15 is 0 Å². The zero-order chi connectivity index (χ0) is 10.2. The van der Waals surface area contributed by atoms with Gasteiger partial charge >= 0.3 is 17.8 Å². The molecule has 0 radical (unpaired) electrons. The highest BCUT2D eigenvalue weighted by Gasteiger charge is 2.43. The lowest BCUT2D eigenvalue weighted by Gasteiger charge is -2.00. The molecule has 0 aromatic carbocycles. The van der Waals surface area contributed by atoms with E-state index in [2.05, 4.69) is 5.10 Å². The van der Waals surface area contributed by atoms with E-state index in [-0.39, 0.29) is 0 Å². The summed E-state index contributed by atoms with van der Waals surface area (Å²) >= 11 is 0. The molecule has 1 aromatic rings. The summed E-state index contributed by atoms with van der Waals surface area (Å²) in [6.45, 7) is 0. The van der Waals surface area contributed by atoms with Gasteiger partial charge in [0.2, 0.25) is 5.69 Å². The minimum Gasteiger partial charge on any atom is -0.265 e. The van der Waals surface area contributed by atoms with Crippen LogP contribution in [0, 0.1) is 16.1 Å². The molecule has 0 aliphatic heterocycles. The standard InChI is InChI=1S/C4HF4N3O2/c5-3-1(11(12)13)2(9-10-3)4(6,7)8/h(H,9,10). The number of rotatable bonds is 1. The van der Waals surface area contributed by atoms with Crippen LogP contribution in [0.1, 0.15) is 5.69 Å². The lowest BCUT2D eigenvalue weighted by molar-refractivity contribution is -0.390. The van der Waals surface area contributed by atoms with E-state index in [0.29, 0.717) is 0 Å². The van der Waals surface area contributed by atoms with Gasteiger partial charge in [0.05, 0.1) is 4.92 Å². The van der Waals surface area contributed by atoms with Crippen LogP contribution in [0.15, 0.2) is 0 Å². The Morgan fingerprint density at radius 3 is 2.31 bits per heavy atom. The highest BCUT2D eigenvalue weighted by Crippen LogP contribution is 2.35. The number of nitrogens with one attached hydrogen (secondary N) is 1. The van der Waals surface area contributed by atoms with Gasteiger partial charge < -0.3 is 0 Å². The fraction of sp³-hybridized carbons (Fsp3) is 0.250. The Balaban J connectivity index is 3.31. The second-order valence-corrected chi connectivity index (χ2v) is 1.99. The van der Waals surface area contributed by atoms with Crippen LogP contribution in [0.5, 0.6) is 0 Å². The molecule has 0 saturated heterocycles. The molecule has 0 saturated carbocycles. The Hall–Kier alpha value is -1.67. The van der Waals surface area contributed by atoms with E-state index < -0.39 is 28.4 Å². The van der Waals surface area contributed by atoms with Crippen LogP contribution in [-0.4, -0.2) is 15.1 Å². The van der Waals surface area contributed by atoms with Crippen molar-refractivity contribution in [2.75, 3.05) is 0 Å². The van der Waals surface area contributed by atoms with Crippen molar-refractivity contribution in [3.8, 4) is 0 Å². The quantitative estimate of drug-likeness (QED) is 0.423. The van der Waals surface area contributed by atoms with Crippen molar-refractivity contribution in [3.05, 3.63) is 21.8 Å². The first kappa shape index (κ1) is 9.42. The molecule has 0 amide bonds. The largest absolute Gasteiger partial charge is 0.439 e. The summed E-state index contributed by atoms with van der Waals surface area (Å²) in [5.41, 5.74) is -3.48. The van der Waals surface area contributed by atoms with E-state index in [1.165, 1.54) is 5.10 Å². The molecule has 0 bridgehead atoms. The van der Waals surface area contributed by atoms with Gasteiger partial charge in [-0.2, -0.15) is 17.6 Å². The predicted molar refractivity (Wildman–Crippen MR) is 30.2 cm³/mol. The van der Waals surface area contributed by atoms with Gasteiger partial charge in [0.1, 0.15) is 0 Å². The molecule has 13 heavy (non-hydrogen) atoms. The Morgan fingerprint density at radius 1 is 1.46 bits per heavy atom. The molecule has 72 valence electrons. The summed E-state index contributed by atoms with van der Waals surface area (Å²) in [6.07, 6.45) is -5.01. The summed E-state index contributed by atoms with van der Waals surface area (Å²) in [5.74, 6) is -1.78. The average molecular weight is 199 g/mol. The number of halogens is 4. The zero-order valence-corrected chi connectivity index (χ0v) is 5.72. The third-order valence-electron chi connectivity index (χ3n) is 1.16. The maximum absolute atomic E-state index is 12.3. The van der Waals surface area contributed by atoms with E-state index in [1.54, 1.807) is 0 Å². The molecule has 0 unspecified atom stereocenters. The van der Waals surface area contributed by atoms with Crippen molar-refractivity contribution >= 4 is 5.69 Å². The Bertz CT molecular complexity index is 344. The summed E-state index contributed by atoms with van der Waals surface area (Å²) in [7, 11) is 0. The van der Waals surface area contributed by atoms with Gasteiger partial charge in [0.25, 0.3) is 0 Å². The third kappa shape index (κ3) is 1.58. The van der Waals surface area contributed by atoms with Crippen LogP contribution in [-0.2, 0) is 6.18 Å². The number of hydrogen-bond donors (Lipinski definition) is 1. The highest BCUT2D eigenvalue weighted by atomic mass is 19.4. The van der Waals surface area contributed by atoms with E-state index in [1.807, 2.05) is 0 Å². The molecule has 0 aliphatic carbocycles. The topological polar surface area (TPSA) is 71.8 Å². The molecule has 1 N–H and O–H groups in total. The first-order valence-corrected chi connectivity index (χ1v) is 2.79. The molecule has 0 spiro atoms. The van der Waals surface area contributed by atoms with Gasteiger partial charge in [-0.3, -0.25) is 15.2 Å². The maximum Gasteiger partial charge on any atom is 0.439 e. The second-order valence-electron chi connectivity index (χ2n) is 1.99. The van der Waals surface area contributed by atoms with Crippen LogP contribution in [0.3, 0.4) is 0 Å². The summed E-state index contributed by atoms with van der Waals surface area (Å²) in [6, 6.07) is 0. The van der Waals surface area contributed by atoms with Crippen LogP contribution in [0.2, 0.25) is 0 Å². The number of nitrogens with zero attached hydrogens (tertiary/aromatic N) is 2. The number of hydrogen-bond acceptors (Lipinski definition) is 3. The van der Waals surface area contributed by atoms with Crippen molar-refractivity contribution in [1.29, 1.82) is 0 Å². The fourth-order valence-corrected chi connectivity index (χ4v) is 0.678. The smallest absolute Gasteiger partial charge is 0.265 e. The summed E-state index contributed by atoms with van der Waals surface area (Å²) < 4.78 is 47.9. The lowest BCUT2D eigenvalue weighted by atomic mass is 10.3. The van der Waals surface area contributed by atoms with Crippen molar-refractivity contribution in [2.24, 2.45) is 0 Å².